The summed E-state index contributed by atoms with van der Waals surface area (Å²) in [6, 6.07) is 22.7. The van der Waals surface area contributed by atoms with E-state index in [0.717, 1.165) is 29.4 Å². The molecule has 4 heterocycles. The van der Waals surface area contributed by atoms with Gasteiger partial charge in [0.1, 0.15) is 0 Å². The van der Waals surface area contributed by atoms with E-state index >= 15 is 0 Å². The van der Waals surface area contributed by atoms with Crippen LogP contribution in [-0.2, 0) is 21.4 Å². The van der Waals surface area contributed by atoms with Crippen LogP contribution in [0.15, 0.2) is 79.1 Å². The van der Waals surface area contributed by atoms with Crippen LogP contribution >= 0.6 is 0 Å². The molecule has 3 aromatic carbocycles. The molecule has 0 radical (unpaired) electrons. The first kappa shape index (κ1) is 28.1. The molecule has 226 valence electrons. The van der Waals surface area contributed by atoms with Crippen LogP contribution in [-0.4, -0.2) is 72.0 Å². The molecule has 2 fully saturated rings. The summed E-state index contributed by atoms with van der Waals surface area (Å²) in [5, 5.41) is 2.45. The van der Waals surface area contributed by atoms with Gasteiger partial charge in [-0.1, -0.05) is 42.5 Å². The molecule has 2 saturated heterocycles. The molecule has 8 nitrogen and oxygen atoms in total. The smallest absolute Gasteiger partial charge is 0.227 e. The minimum absolute atomic E-state index is 0.0489. The maximum atomic E-state index is 13.8. The molecule has 2 aliphatic rings. The van der Waals surface area contributed by atoms with Crippen molar-refractivity contribution < 1.29 is 19.1 Å². The molecule has 0 unspecified atom stereocenters. The second kappa shape index (κ2) is 11.4. The van der Waals surface area contributed by atoms with Gasteiger partial charge in [0, 0.05) is 72.2 Å². The molecular weight excluding hydrogens is 552 g/mol. The molecule has 8 heteroatoms. The fourth-order valence-corrected chi connectivity index (χ4v) is 7.44. The number of rotatable bonds is 8. The Bertz CT molecular complexity index is 1750. The Morgan fingerprint density at radius 3 is 2.09 bits per heavy atom. The van der Waals surface area contributed by atoms with Crippen molar-refractivity contribution in [1.82, 2.24) is 19.8 Å². The van der Waals surface area contributed by atoms with E-state index in [9.17, 15) is 9.59 Å². The van der Waals surface area contributed by atoms with Crippen molar-refractivity contribution in [2.24, 2.45) is 5.92 Å². The van der Waals surface area contributed by atoms with Crippen LogP contribution in [0.4, 0.5) is 0 Å². The topological polar surface area (TPSA) is 90.7 Å². The summed E-state index contributed by atoms with van der Waals surface area (Å²) in [5.41, 5.74) is 5.62. The minimum Gasteiger partial charge on any atom is -0.493 e. The van der Waals surface area contributed by atoms with Gasteiger partial charge in [-0.05, 0) is 60.2 Å². The first-order chi connectivity index (χ1) is 21.5. The predicted molar refractivity (Wildman–Crippen MR) is 171 cm³/mol. The van der Waals surface area contributed by atoms with Crippen molar-refractivity contribution in [3.63, 3.8) is 0 Å². The number of para-hydroxylation sites is 2. The molecular formula is C36H38N4O4. The highest BCUT2D eigenvalue weighted by molar-refractivity contribution is 5.91. The second-order valence-corrected chi connectivity index (χ2v) is 12.1. The van der Waals surface area contributed by atoms with E-state index < -0.39 is 0 Å². The molecule has 2 N–H and O–H groups in total. The summed E-state index contributed by atoms with van der Waals surface area (Å²) >= 11 is 0. The fraction of sp³-hybridized carbons (Fsp3) is 0.333. The summed E-state index contributed by atoms with van der Waals surface area (Å²) in [4.78, 5) is 37.6. The van der Waals surface area contributed by atoms with Gasteiger partial charge in [0.05, 0.1) is 20.1 Å². The Balaban J connectivity index is 1.07. The standard InChI is InChI=1S/C36H38N4O4/c1-43-32-12-11-24(19-33(32)44-2)13-16-40-23-25(20-34(40)41)35(42)39-17-14-36(15-18-39,28-21-37-30-9-5-3-7-26(28)30)29-22-38-31-10-6-4-8-27(29)31/h3-12,19,21-22,25,37-38H,13-18,20,23H2,1-2H3/t25-/m1/s1. The van der Waals surface area contributed by atoms with Crippen LogP contribution in [0.3, 0.4) is 0 Å². The zero-order chi connectivity index (χ0) is 30.3. The summed E-state index contributed by atoms with van der Waals surface area (Å²) in [7, 11) is 3.23. The lowest BCUT2D eigenvalue weighted by atomic mass is 9.67. The van der Waals surface area contributed by atoms with Crippen molar-refractivity contribution in [2.45, 2.75) is 31.1 Å². The molecule has 0 spiro atoms. The van der Waals surface area contributed by atoms with Crippen molar-refractivity contribution in [1.29, 1.82) is 0 Å². The number of benzene rings is 3. The number of aromatic nitrogens is 2. The van der Waals surface area contributed by atoms with Crippen molar-refractivity contribution in [2.75, 3.05) is 40.4 Å². The van der Waals surface area contributed by atoms with E-state index in [4.69, 9.17) is 9.47 Å². The van der Waals surface area contributed by atoms with Crippen molar-refractivity contribution >= 4 is 33.6 Å². The van der Waals surface area contributed by atoms with E-state index in [0.29, 0.717) is 44.1 Å². The van der Waals surface area contributed by atoms with Gasteiger partial charge in [0.25, 0.3) is 0 Å². The predicted octanol–water partition coefficient (Wildman–Crippen LogP) is 5.67. The van der Waals surface area contributed by atoms with Crippen molar-refractivity contribution in [3.05, 3.63) is 95.8 Å². The van der Waals surface area contributed by atoms with Crippen LogP contribution < -0.4 is 9.47 Å². The number of fused-ring (bicyclic) bond motifs is 2. The third kappa shape index (κ3) is 4.78. The molecule has 5 aromatic rings. The zero-order valence-corrected chi connectivity index (χ0v) is 25.3. The number of carbonyl (C=O) groups excluding carboxylic acids is 2. The maximum Gasteiger partial charge on any atom is 0.227 e. The van der Waals surface area contributed by atoms with E-state index in [2.05, 4.69) is 70.9 Å². The Kier molecular flexibility index (Phi) is 7.28. The van der Waals surface area contributed by atoms with E-state index in [1.165, 1.54) is 21.9 Å². The average Bonchev–Trinajstić information content (AvgIpc) is 3.80. The number of methoxy groups -OCH3 is 2. The summed E-state index contributed by atoms with van der Waals surface area (Å²) in [6.45, 7) is 2.34. The molecule has 2 aromatic heterocycles. The zero-order valence-electron chi connectivity index (χ0n) is 25.3. The lowest BCUT2D eigenvalue weighted by Crippen LogP contribution is -2.47. The van der Waals surface area contributed by atoms with Gasteiger partial charge < -0.3 is 29.2 Å². The highest BCUT2D eigenvalue weighted by Gasteiger charge is 2.44. The Morgan fingerprint density at radius 2 is 1.48 bits per heavy atom. The quantitative estimate of drug-likeness (QED) is 0.244. The number of aromatic amines is 2. The van der Waals surface area contributed by atoms with Crippen LogP contribution in [0.2, 0.25) is 0 Å². The molecule has 2 amide bonds. The van der Waals surface area contributed by atoms with E-state index in [-0.39, 0.29) is 29.6 Å². The maximum absolute atomic E-state index is 13.8. The minimum atomic E-state index is -0.304. The number of carbonyl (C=O) groups is 2. The highest BCUT2D eigenvalue weighted by Crippen LogP contribution is 2.47. The molecule has 7 rings (SSSR count). The monoisotopic (exact) mass is 590 g/mol. The number of amides is 2. The number of piperidine rings is 1. The summed E-state index contributed by atoms with van der Waals surface area (Å²) in [6.07, 6.45) is 6.91. The number of hydrogen-bond acceptors (Lipinski definition) is 4. The number of ether oxygens (including phenoxy) is 2. The first-order valence-corrected chi connectivity index (χ1v) is 15.4. The van der Waals surface area contributed by atoms with Crippen LogP contribution in [0.25, 0.3) is 21.8 Å². The van der Waals surface area contributed by atoms with Gasteiger partial charge in [-0.25, -0.2) is 0 Å². The molecule has 2 aliphatic heterocycles. The van der Waals surface area contributed by atoms with Gasteiger partial charge in [0.15, 0.2) is 11.5 Å². The average molecular weight is 591 g/mol. The van der Waals surface area contributed by atoms with Crippen LogP contribution in [0, 0.1) is 5.92 Å². The molecule has 1 atom stereocenters. The lowest BCUT2D eigenvalue weighted by molar-refractivity contribution is -0.137. The van der Waals surface area contributed by atoms with Gasteiger partial charge in [-0.3, -0.25) is 9.59 Å². The largest absolute Gasteiger partial charge is 0.493 e. The van der Waals surface area contributed by atoms with Crippen molar-refractivity contribution in [3.8, 4) is 11.5 Å². The van der Waals surface area contributed by atoms with Gasteiger partial charge in [0.2, 0.25) is 11.8 Å². The lowest BCUT2D eigenvalue weighted by Gasteiger charge is -2.43. The number of nitrogens with one attached hydrogen (secondary N) is 2. The number of hydrogen-bond donors (Lipinski definition) is 2. The highest BCUT2D eigenvalue weighted by atomic mass is 16.5. The Hall–Kier alpha value is -4.72. The number of H-pyrrole nitrogens is 2. The number of likely N-dealkylation sites (tertiary alicyclic amines) is 2. The van der Waals surface area contributed by atoms with Crippen LogP contribution in [0.5, 0.6) is 11.5 Å². The molecule has 44 heavy (non-hydrogen) atoms. The third-order valence-electron chi connectivity index (χ3n) is 9.82. The van der Waals surface area contributed by atoms with E-state index in [1.807, 2.05) is 28.0 Å². The third-order valence-corrected chi connectivity index (χ3v) is 9.82. The first-order valence-electron chi connectivity index (χ1n) is 15.4. The normalized spacial score (nSPS) is 18.3. The summed E-state index contributed by atoms with van der Waals surface area (Å²) < 4.78 is 10.8. The second-order valence-electron chi connectivity index (χ2n) is 12.1. The fourth-order valence-electron chi connectivity index (χ4n) is 7.44. The van der Waals surface area contributed by atoms with Gasteiger partial charge in [-0.15, -0.1) is 0 Å². The number of nitrogens with zero attached hydrogens (tertiary/aromatic N) is 2. The van der Waals surface area contributed by atoms with Gasteiger partial charge in [-0.2, -0.15) is 0 Å². The van der Waals surface area contributed by atoms with Gasteiger partial charge >= 0.3 is 0 Å². The van der Waals surface area contributed by atoms with E-state index in [1.54, 1.807) is 14.2 Å². The summed E-state index contributed by atoms with van der Waals surface area (Å²) in [5.74, 6) is 1.19. The Morgan fingerprint density at radius 1 is 0.864 bits per heavy atom. The molecule has 0 bridgehead atoms. The van der Waals surface area contributed by atoms with Crippen LogP contribution in [0.1, 0.15) is 36.0 Å². The SMILES string of the molecule is COc1ccc(CCN2C[C@H](C(=O)N3CCC(c4c[nH]c5ccccc45)(c4c[nH]c5ccccc45)CC3)CC2=O)cc1OC. The molecule has 0 saturated carbocycles. The Labute approximate surface area is 256 Å². The molecule has 0 aliphatic carbocycles.